The fourth-order valence-electron chi connectivity index (χ4n) is 3.89. The lowest BCUT2D eigenvalue weighted by Crippen LogP contribution is -2.48. The molecular formula is C22H37N3O. The second kappa shape index (κ2) is 9.72. The maximum atomic E-state index is 5.84. The highest BCUT2D eigenvalue weighted by atomic mass is 16.5. The molecule has 2 aliphatic rings. The Bertz CT molecular complexity index is 517. The molecule has 1 aromatic carbocycles. The molecule has 4 nitrogen and oxygen atoms in total. The molecule has 146 valence electrons. The van der Waals surface area contributed by atoms with Gasteiger partial charge < -0.3 is 14.5 Å². The van der Waals surface area contributed by atoms with Crippen LogP contribution in [-0.2, 0) is 11.3 Å². The number of piperazine rings is 1. The van der Waals surface area contributed by atoms with Gasteiger partial charge in [-0.1, -0.05) is 26.0 Å². The lowest BCUT2D eigenvalue weighted by molar-refractivity contribution is 0.00912. The third kappa shape index (κ3) is 5.97. The summed E-state index contributed by atoms with van der Waals surface area (Å²) < 4.78 is 5.84. The Balaban J connectivity index is 1.31. The Hall–Kier alpha value is -1.10. The van der Waals surface area contributed by atoms with Gasteiger partial charge in [0.2, 0.25) is 0 Å². The van der Waals surface area contributed by atoms with Crippen LogP contribution in [-0.4, -0.2) is 69.3 Å². The normalized spacial score (nSPS) is 19.9. The first-order valence-electron chi connectivity index (χ1n) is 10.4. The maximum Gasteiger partial charge on any atom is 0.0518 e. The highest BCUT2D eigenvalue weighted by molar-refractivity contribution is 5.48. The maximum absolute atomic E-state index is 5.84. The van der Waals surface area contributed by atoms with Crippen molar-refractivity contribution in [1.29, 1.82) is 0 Å². The van der Waals surface area contributed by atoms with Gasteiger partial charge in [0, 0.05) is 64.0 Å². The van der Waals surface area contributed by atoms with Crippen LogP contribution in [0.4, 0.5) is 5.69 Å². The van der Waals surface area contributed by atoms with Gasteiger partial charge in [0.15, 0.2) is 0 Å². The molecule has 0 aliphatic carbocycles. The number of ether oxygens (including phenoxy) is 1. The topological polar surface area (TPSA) is 19.0 Å². The zero-order valence-electron chi connectivity index (χ0n) is 17.0. The Morgan fingerprint density at radius 2 is 1.73 bits per heavy atom. The predicted molar refractivity (Wildman–Crippen MR) is 110 cm³/mol. The van der Waals surface area contributed by atoms with Gasteiger partial charge in [-0.05, 0) is 43.5 Å². The standard InChI is InChI=1S/C22H37N3O/c1-19(2)5-4-14-26-18-21-16-24(17-21)15-20-6-8-22(9-7-20)25-12-10-23(3)11-13-25/h6-9,19,21H,4-5,10-18H2,1-3H3. The summed E-state index contributed by atoms with van der Waals surface area (Å²) >= 11 is 0. The molecule has 0 aromatic heterocycles. The van der Waals surface area contributed by atoms with Gasteiger partial charge in [-0.3, -0.25) is 4.90 Å². The van der Waals surface area contributed by atoms with Crippen molar-refractivity contribution in [2.24, 2.45) is 11.8 Å². The molecule has 0 N–H and O–H groups in total. The van der Waals surface area contributed by atoms with Gasteiger partial charge in [0.25, 0.3) is 0 Å². The van der Waals surface area contributed by atoms with E-state index in [2.05, 4.69) is 59.9 Å². The summed E-state index contributed by atoms with van der Waals surface area (Å²) in [7, 11) is 2.21. The van der Waals surface area contributed by atoms with Crippen LogP contribution < -0.4 is 4.90 Å². The third-order valence-electron chi connectivity index (χ3n) is 5.67. The molecule has 26 heavy (non-hydrogen) atoms. The zero-order chi connectivity index (χ0) is 18.4. The van der Waals surface area contributed by atoms with Gasteiger partial charge in [0.1, 0.15) is 0 Å². The van der Waals surface area contributed by atoms with E-state index in [1.165, 1.54) is 37.2 Å². The van der Waals surface area contributed by atoms with E-state index in [0.717, 1.165) is 57.8 Å². The second-order valence-corrected chi connectivity index (χ2v) is 8.63. The number of hydrogen-bond donors (Lipinski definition) is 0. The van der Waals surface area contributed by atoms with Crippen LogP contribution in [0.25, 0.3) is 0 Å². The molecule has 0 saturated carbocycles. The summed E-state index contributed by atoms with van der Waals surface area (Å²) in [4.78, 5) is 7.44. The second-order valence-electron chi connectivity index (χ2n) is 8.63. The molecule has 0 spiro atoms. The summed E-state index contributed by atoms with van der Waals surface area (Å²) in [5, 5.41) is 0. The monoisotopic (exact) mass is 359 g/mol. The van der Waals surface area contributed by atoms with Crippen molar-refractivity contribution in [3.63, 3.8) is 0 Å². The molecule has 0 radical (unpaired) electrons. The third-order valence-corrected chi connectivity index (χ3v) is 5.67. The average Bonchev–Trinajstić information content (AvgIpc) is 2.60. The number of likely N-dealkylation sites (N-methyl/N-ethyl adjacent to an activating group) is 1. The number of anilines is 1. The average molecular weight is 360 g/mol. The molecular weight excluding hydrogens is 322 g/mol. The Morgan fingerprint density at radius 3 is 2.38 bits per heavy atom. The molecule has 1 aromatic rings. The van der Waals surface area contributed by atoms with Gasteiger partial charge in [-0.25, -0.2) is 0 Å². The Morgan fingerprint density at radius 1 is 1.04 bits per heavy atom. The minimum atomic E-state index is 0.735. The van der Waals surface area contributed by atoms with Crippen LogP contribution in [0.1, 0.15) is 32.3 Å². The molecule has 0 unspecified atom stereocenters. The van der Waals surface area contributed by atoms with Crippen molar-refractivity contribution in [1.82, 2.24) is 9.80 Å². The summed E-state index contributed by atoms with van der Waals surface area (Å²) in [6, 6.07) is 9.22. The predicted octanol–water partition coefficient (Wildman–Crippen LogP) is 3.32. The number of nitrogens with zero attached hydrogens (tertiary/aromatic N) is 3. The van der Waals surface area contributed by atoms with Crippen molar-refractivity contribution < 1.29 is 4.74 Å². The van der Waals surface area contributed by atoms with Gasteiger partial charge in [-0.2, -0.15) is 0 Å². The van der Waals surface area contributed by atoms with Crippen LogP contribution in [0.15, 0.2) is 24.3 Å². The largest absolute Gasteiger partial charge is 0.381 e. The lowest BCUT2D eigenvalue weighted by atomic mass is 10.00. The van der Waals surface area contributed by atoms with Crippen LogP contribution in [0.5, 0.6) is 0 Å². The molecule has 2 fully saturated rings. The van der Waals surface area contributed by atoms with E-state index in [-0.39, 0.29) is 0 Å². The Labute approximate surface area is 160 Å². The van der Waals surface area contributed by atoms with E-state index in [1.54, 1.807) is 0 Å². The number of rotatable bonds is 9. The van der Waals surface area contributed by atoms with Gasteiger partial charge >= 0.3 is 0 Å². The van der Waals surface area contributed by atoms with Crippen molar-refractivity contribution in [3.8, 4) is 0 Å². The van der Waals surface area contributed by atoms with Crippen molar-refractivity contribution in [2.45, 2.75) is 33.2 Å². The van der Waals surface area contributed by atoms with E-state index in [9.17, 15) is 0 Å². The van der Waals surface area contributed by atoms with Gasteiger partial charge in [-0.15, -0.1) is 0 Å². The molecule has 2 saturated heterocycles. The fraction of sp³-hybridized carbons (Fsp3) is 0.727. The summed E-state index contributed by atoms with van der Waals surface area (Å²) in [6.45, 7) is 14.5. The molecule has 0 atom stereocenters. The molecule has 2 aliphatic heterocycles. The lowest BCUT2D eigenvalue weighted by Gasteiger charge is -2.39. The highest BCUT2D eigenvalue weighted by Crippen LogP contribution is 2.22. The summed E-state index contributed by atoms with van der Waals surface area (Å²) in [5.74, 6) is 1.53. The molecule has 2 heterocycles. The number of likely N-dealkylation sites (tertiary alicyclic amines) is 1. The molecule has 0 amide bonds. The minimum absolute atomic E-state index is 0.735. The van der Waals surface area contributed by atoms with E-state index < -0.39 is 0 Å². The van der Waals surface area contributed by atoms with E-state index in [1.807, 2.05) is 0 Å². The highest BCUT2D eigenvalue weighted by Gasteiger charge is 2.26. The Kier molecular flexibility index (Phi) is 7.35. The van der Waals surface area contributed by atoms with Crippen molar-refractivity contribution in [2.75, 3.05) is 64.4 Å². The smallest absolute Gasteiger partial charge is 0.0518 e. The first-order chi connectivity index (χ1) is 12.6. The van der Waals surface area contributed by atoms with Crippen LogP contribution >= 0.6 is 0 Å². The zero-order valence-corrected chi connectivity index (χ0v) is 17.0. The summed E-state index contributed by atoms with van der Waals surface area (Å²) in [5.41, 5.74) is 2.80. The van der Waals surface area contributed by atoms with Crippen LogP contribution in [0.3, 0.4) is 0 Å². The first kappa shape index (κ1) is 19.7. The molecule has 0 bridgehead atoms. The van der Waals surface area contributed by atoms with Crippen LogP contribution in [0.2, 0.25) is 0 Å². The number of benzene rings is 1. The SMILES string of the molecule is CC(C)CCCOCC1CN(Cc2ccc(N3CCN(C)CC3)cc2)C1. The van der Waals surface area contributed by atoms with E-state index in [4.69, 9.17) is 4.74 Å². The van der Waals surface area contributed by atoms with Crippen molar-refractivity contribution in [3.05, 3.63) is 29.8 Å². The van der Waals surface area contributed by atoms with Crippen molar-refractivity contribution >= 4 is 5.69 Å². The summed E-state index contributed by atoms with van der Waals surface area (Å²) in [6.07, 6.45) is 2.48. The first-order valence-corrected chi connectivity index (χ1v) is 10.4. The molecule has 3 rings (SSSR count). The van der Waals surface area contributed by atoms with E-state index in [0.29, 0.717) is 0 Å². The van der Waals surface area contributed by atoms with Crippen LogP contribution in [0, 0.1) is 11.8 Å². The van der Waals surface area contributed by atoms with E-state index >= 15 is 0 Å². The number of hydrogen-bond acceptors (Lipinski definition) is 4. The molecule has 4 heteroatoms. The fourth-order valence-corrected chi connectivity index (χ4v) is 3.89. The quantitative estimate of drug-likeness (QED) is 0.630. The minimum Gasteiger partial charge on any atom is -0.381 e. The van der Waals surface area contributed by atoms with Gasteiger partial charge in [0.05, 0.1) is 6.61 Å².